The second kappa shape index (κ2) is 16.1. The molecule has 0 radical (unpaired) electrons. The third kappa shape index (κ3) is 10.9. The lowest BCUT2D eigenvalue weighted by Gasteiger charge is -2.32. The van der Waals surface area contributed by atoms with Gasteiger partial charge in [0.05, 0.1) is 33.0 Å². The number of hydrogen-bond donors (Lipinski definition) is 1. The Morgan fingerprint density at radius 3 is 2.44 bits per heavy atom. The first-order valence-corrected chi connectivity index (χ1v) is 12.1. The first kappa shape index (κ1) is 29.5. The number of ether oxygens (including phenoxy) is 6. The lowest BCUT2D eigenvalue weighted by Crippen LogP contribution is -2.49. The quantitative estimate of drug-likeness (QED) is 0.247. The first-order chi connectivity index (χ1) is 17.3. The standard InChI is InChI=1S/C27H39NO8/c1-6-12-31-18-24-25(34-14-20(4)5)23(33-13-19(2)3)17-32-16-22(26(29)36-24)28-27(30)35-15-21-10-8-7-9-11-21/h7-11,22-25H,2,4,6,12-18H2,1,3,5H3,(H,28,30). The Balaban J connectivity index is 2.15. The lowest BCUT2D eigenvalue weighted by molar-refractivity contribution is -0.176. The van der Waals surface area contributed by atoms with E-state index in [0.717, 1.165) is 23.1 Å². The van der Waals surface area contributed by atoms with Crippen molar-refractivity contribution in [3.05, 3.63) is 60.2 Å². The topological polar surface area (TPSA) is 102 Å². The van der Waals surface area contributed by atoms with E-state index >= 15 is 0 Å². The maximum Gasteiger partial charge on any atom is 0.408 e. The molecule has 1 aromatic rings. The Morgan fingerprint density at radius 2 is 1.78 bits per heavy atom. The molecular formula is C27H39NO8. The molecule has 0 aromatic heterocycles. The van der Waals surface area contributed by atoms with Gasteiger partial charge in [-0.25, -0.2) is 9.59 Å². The number of carbonyl (C=O) groups is 2. The van der Waals surface area contributed by atoms with Crippen LogP contribution in [0.5, 0.6) is 0 Å². The van der Waals surface area contributed by atoms with Crippen molar-refractivity contribution < 1.29 is 38.0 Å². The van der Waals surface area contributed by atoms with Crippen molar-refractivity contribution >= 4 is 12.1 Å². The van der Waals surface area contributed by atoms with E-state index in [-0.39, 0.29) is 39.6 Å². The highest BCUT2D eigenvalue weighted by Gasteiger charge is 2.38. The Labute approximate surface area is 213 Å². The van der Waals surface area contributed by atoms with Crippen LogP contribution in [0.2, 0.25) is 0 Å². The fourth-order valence-corrected chi connectivity index (χ4v) is 3.33. The highest BCUT2D eigenvalue weighted by molar-refractivity contribution is 5.81. The van der Waals surface area contributed by atoms with E-state index in [1.54, 1.807) is 0 Å². The molecule has 4 atom stereocenters. The van der Waals surface area contributed by atoms with Crippen LogP contribution < -0.4 is 5.32 Å². The van der Waals surface area contributed by atoms with Crippen LogP contribution in [0, 0.1) is 0 Å². The molecule has 9 heteroatoms. The molecule has 0 bridgehead atoms. The van der Waals surface area contributed by atoms with Gasteiger partial charge < -0.3 is 33.7 Å². The van der Waals surface area contributed by atoms with Gasteiger partial charge in [-0.1, -0.05) is 61.6 Å². The minimum atomic E-state index is -1.08. The Morgan fingerprint density at radius 1 is 1.08 bits per heavy atom. The van der Waals surface area contributed by atoms with Crippen molar-refractivity contribution in [3.8, 4) is 0 Å². The summed E-state index contributed by atoms with van der Waals surface area (Å²) in [5.41, 5.74) is 2.45. The molecule has 0 saturated carbocycles. The summed E-state index contributed by atoms with van der Waals surface area (Å²) in [6, 6.07) is 8.15. The van der Waals surface area contributed by atoms with E-state index in [9.17, 15) is 9.59 Å². The van der Waals surface area contributed by atoms with Gasteiger partial charge >= 0.3 is 12.1 Å². The number of amides is 1. The average Bonchev–Trinajstić information content (AvgIpc) is 2.90. The summed E-state index contributed by atoms with van der Waals surface area (Å²) in [7, 11) is 0. The number of benzene rings is 1. The Kier molecular flexibility index (Phi) is 13.2. The summed E-state index contributed by atoms with van der Waals surface area (Å²) in [5.74, 6) is -0.679. The zero-order valence-electron chi connectivity index (χ0n) is 21.5. The maximum atomic E-state index is 13.1. The molecule has 0 aliphatic carbocycles. The minimum Gasteiger partial charge on any atom is -0.455 e. The zero-order chi connectivity index (χ0) is 26.3. The third-order valence-electron chi connectivity index (χ3n) is 5.05. The van der Waals surface area contributed by atoms with Gasteiger partial charge in [0.25, 0.3) is 0 Å². The number of carbonyl (C=O) groups excluding carboxylic acids is 2. The van der Waals surface area contributed by atoms with Gasteiger partial charge in [-0.15, -0.1) is 0 Å². The van der Waals surface area contributed by atoms with Gasteiger partial charge in [0.2, 0.25) is 0 Å². The monoisotopic (exact) mass is 505 g/mol. The van der Waals surface area contributed by atoms with Crippen molar-refractivity contribution in [2.75, 3.05) is 39.6 Å². The Hall–Kier alpha value is -2.72. The van der Waals surface area contributed by atoms with Crippen LogP contribution in [0.4, 0.5) is 4.79 Å². The van der Waals surface area contributed by atoms with E-state index in [0.29, 0.717) is 6.61 Å². The van der Waals surface area contributed by atoms with Crippen molar-refractivity contribution in [3.63, 3.8) is 0 Å². The van der Waals surface area contributed by atoms with Crippen LogP contribution in [0.1, 0.15) is 32.8 Å². The largest absolute Gasteiger partial charge is 0.455 e. The SMILES string of the molecule is C=C(C)COC1COCC(NC(=O)OCc2ccccc2)C(=O)OC(COCCC)C1OCC(=C)C. The second-order valence-electron chi connectivity index (χ2n) is 8.89. The predicted octanol–water partition coefficient (Wildman–Crippen LogP) is 3.57. The van der Waals surface area contributed by atoms with Crippen molar-refractivity contribution in [1.82, 2.24) is 5.32 Å². The molecule has 1 heterocycles. The lowest BCUT2D eigenvalue weighted by atomic mass is 10.1. The molecule has 9 nitrogen and oxygen atoms in total. The highest BCUT2D eigenvalue weighted by atomic mass is 16.6. The number of nitrogens with one attached hydrogen (secondary N) is 1. The van der Waals surface area contributed by atoms with Gasteiger partial charge in [-0.2, -0.15) is 0 Å². The van der Waals surface area contributed by atoms with Gasteiger partial charge in [0, 0.05) is 6.61 Å². The van der Waals surface area contributed by atoms with Gasteiger partial charge in [-0.3, -0.25) is 0 Å². The second-order valence-corrected chi connectivity index (χ2v) is 8.89. The minimum absolute atomic E-state index is 0.0659. The van der Waals surface area contributed by atoms with E-state index < -0.39 is 36.4 Å². The van der Waals surface area contributed by atoms with Gasteiger partial charge in [-0.05, 0) is 25.8 Å². The molecule has 4 unspecified atom stereocenters. The summed E-state index contributed by atoms with van der Waals surface area (Å²) in [6.07, 6.45) is -2.02. The summed E-state index contributed by atoms with van der Waals surface area (Å²) in [5, 5.41) is 2.54. The molecule has 200 valence electrons. The number of hydrogen-bond acceptors (Lipinski definition) is 8. The van der Waals surface area contributed by atoms with Crippen LogP contribution in [0.15, 0.2) is 54.6 Å². The molecule has 1 fully saturated rings. The smallest absolute Gasteiger partial charge is 0.408 e. The number of alkyl carbamates (subject to hydrolysis) is 1. The van der Waals surface area contributed by atoms with Crippen LogP contribution >= 0.6 is 0 Å². The van der Waals surface area contributed by atoms with Crippen LogP contribution in [0.25, 0.3) is 0 Å². The molecule has 2 rings (SSSR count). The van der Waals surface area contributed by atoms with Gasteiger partial charge in [0.1, 0.15) is 18.8 Å². The van der Waals surface area contributed by atoms with Crippen LogP contribution in [-0.4, -0.2) is 76.1 Å². The number of cyclic esters (lactones) is 1. The fourth-order valence-electron chi connectivity index (χ4n) is 3.33. The molecule has 1 aliphatic heterocycles. The number of esters is 1. The summed E-state index contributed by atoms with van der Waals surface area (Å²) in [6.45, 7) is 14.6. The Bertz CT molecular complexity index is 843. The van der Waals surface area contributed by atoms with Crippen molar-refractivity contribution in [2.24, 2.45) is 0 Å². The van der Waals surface area contributed by atoms with E-state index in [4.69, 9.17) is 28.4 Å². The van der Waals surface area contributed by atoms with E-state index in [2.05, 4.69) is 18.5 Å². The molecule has 1 aromatic carbocycles. The van der Waals surface area contributed by atoms with Crippen molar-refractivity contribution in [2.45, 2.75) is 58.2 Å². The third-order valence-corrected chi connectivity index (χ3v) is 5.05. The number of rotatable bonds is 13. The maximum absolute atomic E-state index is 13.1. The van der Waals surface area contributed by atoms with Gasteiger partial charge in [0.15, 0.2) is 12.1 Å². The fraction of sp³-hybridized carbons (Fsp3) is 0.556. The van der Waals surface area contributed by atoms with E-state index in [1.807, 2.05) is 51.1 Å². The van der Waals surface area contributed by atoms with E-state index in [1.165, 1.54) is 0 Å². The zero-order valence-corrected chi connectivity index (χ0v) is 21.5. The predicted molar refractivity (Wildman–Crippen MR) is 134 cm³/mol. The van der Waals surface area contributed by atoms with Crippen LogP contribution in [-0.2, 0) is 39.8 Å². The molecule has 0 spiro atoms. The van der Waals surface area contributed by atoms with Crippen LogP contribution in [0.3, 0.4) is 0 Å². The molecule has 1 amide bonds. The first-order valence-electron chi connectivity index (χ1n) is 12.1. The summed E-state index contributed by atoms with van der Waals surface area (Å²) < 4.78 is 34.7. The molecule has 1 N–H and O–H groups in total. The molecule has 1 aliphatic rings. The normalized spacial score (nSPS) is 22.5. The van der Waals surface area contributed by atoms with Crippen molar-refractivity contribution in [1.29, 1.82) is 0 Å². The molecular weight excluding hydrogens is 466 g/mol. The highest BCUT2D eigenvalue weighted by Crippen LogP contribution is 2.19. The average molecular weight is 506 g/mol. The summed E-state index contributed by atoms with van der Waals surface area (Å²) >= 11 is 0. The summed E-state index contributed by atoms with van der Waals surface area (Å²) in [4.78, 5) is 25.5. The molecule has 1 saturated heterocycles. The molecule has 36 heavy (non-hydrogen) atoms.